The first-order valence-corrected chi connectivity index (χ1v) is 5.88. The zero-order valence-electron chi connectivity index (χ0n) is 10.6. The number of hydrogen-bond donors (Lipinski definition) is 1. The highest BCUT2D eigenvalue weighted by molar-refractivity contribution is 5.27. The van der Waals surface area contributed by atoms with E-state index in [4.69, 9.17) is 4.74 Å². The molecule has 0 aliphatic rings. The summed E-state index contributed by atoms with van der Waals surface area (Å²) in [6.07, 6.45) is 1.84. The van der Waals surface area contributed by atoms with Gasteiger partial charge in [-0.3, -0.25) is 4.68 Å². The zero-order valence-corrected chi connectivity index (χ0v) is 10.6. The number of aliphatic hydroxyl groups excluding tert-OH is 1. The molecule has 1 N–H and O–H groups in total. The molecule has 5 nitrogen and oxygen atoms in total. The number of aliphatic hydroxyl groups is 1. The number of aromatic nitrogens is 3. The summed E-state index contributed by atoms with van der Waals surface area (Å²) in [5.41, 5.74) is 1.09. The Hall–Kier alpha value is -1.88. The molecule has 5 heteroatoms. The molecule has 0 bridgehead atoms. The Morgan fingerprint density at radius 3 is 2.61 bits per heavy atom. The normalized spacial score (nSPS) is 12.4. The van der Waals surface area contributed by atoms with Gasteiger partial charge in [-0.1, -0.05) is 12.1 Å². The van der Waals surface area contributed by atoms with Gasteiger partial charge in [-0.15, -0.1) is 0 Å². The maximum Gasteiger partial charge on any atom is 0.164 e. The molecule has 0 radical (unpaired) electrons. The monoisotopic (exact) mass is 247 g/mol. The van der Waals surface area contributed by atoms with Crippen molar-refractivity contribution in [3.63, 3.8) is 0 Å². The molecule has 1 aromatic carbocycles. The van der Waals surface area contributed by atoms with Crippen LogP contribution < -0.4 is 4.74 Å². The summed E-state index contributed by atoms with van der Waals surface area (Å²) in [4.78, 5) is 4.08. The van der Waals surface area contributed by atoms with Crippen LogP contribution in [0.3, 0.4) is 0 Å². The second-order valence-electron chi connectivity index (χ2n) is 4.29. The minimum atomic E-state index is -0.324. The van der Waals surface area contributed by atoms with Crippen LogP contribution in [0.5, 0.6) is 5.75 Å². The number of aryl methyl sites for hydroxylation is 1. The van der Waals surface area contributed by atoms with Crippen LogP contribution in [-0.4, -0.2) is 26.0 Å². The van der Waals surface area contributed by atoms with Crippen LogP contribution in [0.1, 0.15) is 18.3 Å². The number of benzene rings is 1. The fourth-order valence-electron chi connectivity index (χ4n) is 1.66. The number of hydrogen-bond acceptors (Lipinski definition) is 4. The van der Waals surface area contributed by atoms with Crippen LogP contribution in [0.4, 0.5) is 0 Å². The van der Waals surface area contributed by atoms with E-state index in [0.717, 1.165) is 17.1 Å². The molecule has 0 amide bonds. The van der Waals surface area contributed by atoms with E-state index in [2.05, 4.69) is 10.1 Å². The first-order valence-electron chi connectivity index (χ1n) is 5.88. The SMILES string of the molecule is CC(O)Cc1ccc(OCc2ncnn2C)cc1. The lowest BCUT2D eigenvalue weighted by molar-refractivity contribution is 0.195. The maximum absolute atomic E-state index is 9.28. The van der Waals surface area contributed by atoms with Gasteiger partial charge < -0.3 is 9.84 Å². The van der Waals surface area contributed by atoms with Gasteiger partial charge in [-0.05, 0) is 31.0 Å². The van der Waals surface area contributed by atoms with E-state index < -0.39 is 0 Å². The second-order valence-corrected chi connectivity index (χ2v) is 4.29. The van der Waals surface area contributed by atoms with Crippen molar-refractivity contribution < 1.29 is 9.84 Å². The van der Waals surface area contributed by atoms with Crippen LogP contribution in [-0.2, 0) is 20.1 Å². The third kappa shape index (κ3) is 3.30. The van der Waals surface area contributed by atoms with Gasteiger partial charge in [0.15, 0.2) is 5.82 Å². The molecule has 0 saturated carbocycles. The molecular weight excluding hydrogens is 230 g/mol. The van der Waals surface area contributed by atoms with Crippen molar-refractivity contribution >= 4 is 0 Å². The van der Waals surface area contributed by atoms with Crippen molar-refractivity contribution in [3.05, 3.63) is 42.0 Å². The Balaban J connectivity index is 1.92. The van der Waals surface area contributed by atoms with E-state index in [1.807, 2.05) is 31.3 Å². The van der Waals surface area contributed by atoms with E-state index in [9.17, 15) is 5.11 Å². The van der Waals surface area contributed by atoms with Gasteiger partial charge in [0.1, 0.15) is 18.7 Å². The Morgan fingerprint density at radius 2 is 2.06 bits per heavy atom. The summed E-state index contributed by atoms with van der Waals surface area (Å²) in [7, 11) is 1.83. The predicted molar refractivity (Wildman–Crippen MR) is 67.2 cm³/mol. The molecule has 0 spiro atoms. The van der Waals surface area contributed by atoms with Crippen LogP contribution in [0.15, 0.2) is 30.6 Å². The minimum Gasteiger partial charge on any atom is -0.486 e. The molecule has 0 aliphatic heterocycles. The average molecular weight is 247 g/mol. The molecule has 96 valence electrons. The molecule has 1 heterocycles. The summed E-state index contributed by atoms with van der Waals surface area (Å²) in [6, 6.07) is 7.71. The molecule has 18 heavy (non-hydrogen) atoms. The van der Waals surface area contributed by atoms with E-state index in [-0.39, 0.29) is 6.10 Å². The molecular formula is C13H17N3O2. The van der Waals surface area contributed by atoms with Crippen molar-refractivity contribution in [2.24, 2.45) is 7.05 Å². The molecule has 2 aromatic rings. The minimum absolute atomic E-state index is 0.324. The molecule has 0 aliphatic carbocycles. The lowest BCUT2D eigenvalue weighted by atomic mass is 10.1. The molecule has 1 aromatic heterocycles. The van der Waals surface area contributed by atoms with Gasteiger partial charge in [0.2, 0.25) is 0 Å². The summed E-state index contributed by atoms with van der Waals surface area (Å²) >= 11 is 0. The van der Waals surface area contributed by atoms with E-state index in [1.54, 1.807) is 11.6 Å². The van der Waals surface area contributed by atoms with Crippen molar-refractivity contribution in [3.8, 4) is 5.75 Å². The Morgan fingerprint density at radius 1 is 1.33 bits per heavy atom. The van der Waals surface area contributed by atoms with Crippen LogP contribution in [0.25, 0.3) is 0 Å². The average Bonchev–Trinajstić information content (AvgIpc) is 2.73. The van der Waals surface area contributed by atoms with E-state index in [1.165, 1.54) is 6.33 Å². The Kier molecular flexibility index (Phi) is 3.94. The molecule has 0 saturated heterocycles. The quantitative estimate of drug-likeness (QED) is 0.865. The van der Waals surface area contributed by atoms with E-state index in [0.29, 0.717) is 13.0 Å². The van der Waals surface area contributed by atoms with Gasteiger partial charge >= 0.3 is 0 Å². The smallest absolute Gasteiger partial charge is 0.164 e. The number of nitrogens with zero attached hydrogens (tertiary/aromatic N) is 3. The van der Waals surface area contributed by atoms with Gasteiger partial charge in [0, 0.05) is 7.05 Å². The second kappa shape index (κ2) is 5.64. The first-order chi connectivity index (χ1) is 8.65. The fraction of sp³-hybridized carbons (Fsp3) is 0.385. The molecule has 1 unspecified atom stereocenters. The zero-order chi connectivity index (χ0) is 13.0. The third-order valence-corrected chi connectivity index (χ3v) is 2.63. The van der Waals surface area contributed by atoms with Gasteiger partial charge in [0.05, 0.1) is 6.10 Å². The number of rotatable bonds is 5. The first kappa shape index (κ1) is 12.6. The highest BCUT2D eigenvalue weighted by Crippen LogP contribution is 2.14. The summed E-state index contributed by atoms with van der Waals surface area (Å²) in [6.45, 7) is 2.17. The third-order valence-electron chi connectivity index (χ3n) is 2.63. The lowest BCUT2D eigenvalue weighted by Gasteiger charge is -2.07. The van der Waals surface area contributed by atoms with Crippen molar-refractivity contribution in [2.75, 3.05) is 0 Å². The van der Waals surface area contributed by atoms with Crippen LogP contribution in [0, 0.1) is 0 Å². The summed E-state index contributed by atoms with van der Waals surface area (Å²) < 4.78 is 7.29. The van der Waals surface area contributed by atoms with Crippen LogP contribution >= 0.6 is 0 Å². The standard InChI is InChI=1S/C13H17N3O2/c1-10(17)7-11-3-5-12(6-4-11)18-8-13-14-9-15-16(13)2/h3-6,9-10,17H,7-8H2,1-2H3. The highest BCUT2D eigenvalue weighted by atomic mass is 16.5. The Bertz CT molecular complexity index is 491. The van der Waals surface area contributed by atoms with Crippen molar-refractivity contribution in [2.45, 2.75) is 26.1 Å². The number of ether oxygens (including phenoxy) is 1. The van der Waals surface area contributed by atoms with Crippen molar-refractivity contribution in [1.82, 2.24) is 14.8 Å². The molecule has 0 fully saturated rings. The maximum atomic E-state index is 9.28. The predicted octanol–water partition coefficient (Wildman–Crippen LogP) is 1.32. The fourth-order valence-corrected chi connectivity index (χ4v) is 1.66. The summed E-state index contributed by atoms with van der Waals surface area (Å²) in [5.74, 6) is 1.57. The summed E-state index contributed by atoms with van der Waals surface area (Å²) in [5, 5.41) is 13.3. The van der Waals surface area contributed by atoms with E-state index >= 15 is 0 Å². The Labute approximate surface area is 106 Å². The molecule has 2 rings (SSSR count). The van der Waals surface area contributed by atoms with Crippen molar-refractivity contribution in [1.29, 1.82) is 0 Å². The van der Waals surface area contributed by atoms with Gasteiger partial charge in [0.25, 0.3) is 0 Å². The molecule has 1 atom stereocenters. The van der Waals surface area contributed by atoms with Gasteiger partial charge in [-0.25, -0.2) is 4.98 Å². The lowest BCUT2D eigenvalue weighted by Crippen LogP contribution is -2.05. The highest BCUT2D eigenvalue weighted by Gasteiger charge is 2.03. The topological polar surface area (TPSA) is 60.2 Å². The largest absolute Gasteiger partial charge is 0.486 e. The van der Waals surface area contributed by atoms with Gasteiger partial charge in [-0.2, -0.15) is 5.10 Å². The van der Waals surface area contributed by atoms with Crippen LogP contribution in [0.2, 0.25) is 0 Å².